The lowest BCUT2D eigenvalue weighted by Gasteiger charge is -2.22. The number of carbonyl (C=O) groups is 2. The highest BCUT2D eigenvalue weighted by molar-refractivity contribution is 6.33. The molecule has 1 atom stereocenters. The molecule has 2 rings (SSSR count). The molecule has 0 aliphatic heterocycles. The zero-order valence-corrected chi connectivity index (χ0v) is 16.1. The van der Waals surface area contributed by atoms with Crippen molar-refractivity contribution in [2.24, 2.45) is 5.92 Å². The Balaban J connectivity index is 2.06. The van der Waals surface area contributed by atoms with E-state index in [1.807, 2.05) is 0 Å². The van der Waals surface area contributed by atoms with Gasteiger partial charge < -0.3 is 10.6 Å². The van der Waals surface area contributed by atoms with Crippen LogP contribution in [0.1, 0.15) is 35.3 Å². The van der Waals surface area contributed by atoms with Crippen LogP contribution in [0.4, 0.5) is 13.2 Å². The number of hydrogen-bond donors (Lipinski definition) is 2. The van der Waals surface area contributed by atoms with Crippen molar-refractivity contribution >= 4 is 23.4 Å². The summed E-state index contributed by atoms with van der Waals surface area (Å²) in [7, 11) is 0. The molecule has 2 amide bonds. The van der Waals surface area contributed by atoms with Crippen molar-refractivity contribution in [3.63, 3.8) is 0 Å². The lowest BCUT2D eigenvalue weighted by molar-refractivity contribution is -0.137. The van der Waals surface area contributed by atoms with Gasteiger partial charge in [0.25, 0.3) is 5.91 Å². The maximum absolute atomic E-state index is 12.8. The minimum Gasteiger partial charge on any atom is -0.350 e. The van der Waals surface area contributed by atoms with Gasteiger partial charge in [-0.15, -0.1) is 0 Å². The van der Waals surface area contributed by atoms with Gasteiger partial charge in [-0.25, -0.2) is 0 Å². The van der Waals surface area contributed by atoms with Crippen molar-refractivity contribution in [1.82, 2.24) is 10.6 Å². The number of benzene rings is 2. The van der Waals surface area contributed by atoms with Crippen LogP contribution in [0.15, 0.2) is 48.5 Å². The first-order valence-corrected chi connectivity index (χ1v) is 8.96. The van der Waals surface area contributed by atoms with Crippen LogP contribution in [-0.4, -0.2) is 17.9 Å². The normalized spacial score (nSPS) is 12.5. The highest BCUT2D eigenvalue weighted by Crippen LogP contribution is 2.29. The molecule has 2 aromatic rings. The van der Waals surface area contributed by atoms with Crippen LogP contribution < -0.4 is 10.6 Å². The number of amides is 2. The van der Waals surface area contributed by atoms with Crippen molar-refractivity contribution in [3.8, 4) is 0 Å². The zero-order chi connectivity index (χ0) is 20.9. The Labute approximate surface area is 166 Å². The predicted molar refractivity (Wildman–Crippen MR) is 101 cm³/mol. The third-order valence-electron chi connectivity index (χ3n) is 4.08. The van der Waals surface area contributed by atoms with E-state index in [1.165, 1.54) is 18.2 Å². The molecule has 0 saturated heterocycles. The second kappa shape index (κ2) is 9.10. The SMILES string of the molecule is CC(C)[C@@H](NC(=O)c1ccccc1Cl)C(=O)NCc1cccc(C(F)(F)F)c1. The highest BCUT2D eigenvalue weighted by Gasteiger charge is 2.30. The summed E-state index contributed by atoms with van der Waals surface area (Å²) in [6.07, 6.45) is -4.45. The molecule has 2 N–H and O–H groups in total. The van der Waals surface area contributed by atoms with E-state index in [-0.39, 0.29) is 23.0 Å². The number of alkyl halides is 3. The molecule has 0 radical (unpaired) electrons. The molecule has 28 heavy (non-hydrogen) atoms. The van der Waals surface area contributed by atoms with E-state index in [9.17, 15) is 22.8 Å². The van der Waals surface area contributed by atoms with Crippen molar-refractivity contribution in [3.05, 3.63) is 70.2 Å². The average molecular weight is 413 g/mol. The minimum atomic E-state index is -4.45. The molecule has 2 aromatic carbocycles. The van der Waals surface area contributed by atoms with Crippen molar-refractivity contribution in [2.45, 2.75) is 32.6 Å². The Morgan fingerprint density at radius 1 is 1.07 bits per heavy atom. The maximum Gasteiger partial charge on any atom is 0.416 e. The van der Waals surface area contributed by atoms with Gasteiger partial charge in [0.1, 0.15) is 6.04 Å². The Kier molecular flexibility index (Phi) is 7.07. The van der Waals surface area contributed by atoms with E-state index in [1.54, 1.807) is 32.0 Å². The average Bonchev–Trinajstić information content (AvgIpc) is 2.63. The Hall–Kier alpha value is -2.54. The van der Waals surface area contributed by atoms with E-state index in [4.69, 9.17) is 11.6 Å². The van der Waals surface area contributed by atoms with E-state index in [0.717, 1.165) is 12.1 Å². The second-order valence-corrected chi connectivity index (χ2v) is 7.00. The van der Waals surface area contributed by atoms with Crippen LogP contribution in [0.25, 0.3) is 0 Å². The van der Waals surface area contributed by atoms with Crippen LogP contribution >= 0.6 is 11.6 Å². The largest absolute Gasteiger partial charge is 0.416 e. The smallest absolute Gasteiger partial charge is 0.350 e. The lowest BCUT2D eigenvalue weighted by Crippen LogP contribution is -2.49. The first kappa shape index (κ1) is 21.8. The fourth-order valence-electron chi connectivity index (χ4n) is 2.56. The van der Waals surface area contributed by atoms with Gasteiger partial charge in [-0.1, -0.05) is 49.7 Å². The topological polar surface area (TPSA) is 58.2 Å². The fraction of sp³-hybridized carbons (Fsp3) is 0.300. The van der Waals surface area contributed by atoms with Gasteiger partial charge in [0.15, 0.2) is 0 Å². The van der Waals surface area contributed by atoms with Gasteiger partial charge >= 0.3 is 6.18 Å². The molecular formula is C20H20ClF3N2O2. The predicted octanol–water partition coefficient (Wildman–Crippen LogP) is 4.43. The molecule has 8 heteroatoms. The number of carbonyl (C=O) groups excluding carboxylic acids is 2. The zero-order valence-electron chi connectivity index (χ0n) is 15.3. The Bertz CT molecular complexity index is 853. The van der Waals surface area contributed by atoms with Gasteiger partial charge in [-0.05, 0) is 35.7 Å². The molecule has 0 aliphatic rings. The van der Waals surface area contributed by atoms with E-state index in [0.29, 0.717) is 5.56 Å². The van der Waals surface area contributed by atoms with E-state index < -0.39 is 29.6 Å². The molecule has 0 spiro atoms. The van der Waals surface area contributed by atoms with Crippen LogP contribution in [0.5, 0.6) is 0 Å². The summed E-state index contributed by atoms with van der Waals surface area (Å²) in [5.74, 6) is -1.24. The lowest BCUT2D eigenvalue weighted by atomic mass is 10.0. The number of nitrogens with one attached hydrogen (secondary N) is 2. The Morgan fingerprint density at radius 3 is 2.36 bits per heavy atom. The summed E-state index contributed by atoms with van der Waals surface area (Å²) in [6.45, 7) is 3.41. The molecule has 150 valence electrons. The number of halogens is 4. The first-order chi connectivity index (χ1) is 13.1. The fourth-order valence-corrected chi connectivity index (χ4v) is 2.78. The first-order valence-electron chi connectivity index (χ1n) is 8.59. The van der Waals surface area contributed by atoms with Crippen LogP contribution in [0.2, 0.25) is 5.02 Å². The minimum absolute atomic E-state index is 0.0893. The van der Waals surface area contributed by atoms with Crippen LogP contribution in [0, 0.1) is 5.92 Å². The second-order valence-electron chi connectivity index (χ2n) is 6.59. The molecule has 0 fully saturated rings. The van der Waals surface area contributed by atoms with Crippen molar-refractivity contribution < 1.29 is 22.8 Å². The molecular weight excluding hydrogens is 393 g/mol. The number of hydrogen-bond acceptors (Lipinski definition) is 2. The molecule has 0 unspecified atom stereocenters. The van der Waals surface area contributed by atoms with Gasteiger partial charge in [0, 0.05) is 6.54 Å². The molecule has 0 heterocycles. The van der Waals surface area contributed by atoms with Crippen molar-refractivity contribution in [1.29, 1.82) is 0 Å². The molecule has 0 saturated carbocycles. The van der Waals surface area contributed by atoms with Crippen LogP contribution in [0.3, 0.4) is 0 Å². The molecule has 0 aromatic heterocycles. The summed E-state index contributed by atoms with van der Waals surface area (Å²) >= 11 is 6.00. The molecule has 0 aliphatic carbocycles. The molecule has 0 bridgehead atoms. The van der Waals surface area contributed by atoms with Gasteiger partial charge in [0.05, 0.1) is 16.1 Å². The number of rotatable bonds is 6. The quantitative estimate of drug-likeness (QED) is 0.737. The van der Waals surface area contributed by atoms with E-state index >= 15 is 0 Å². The third-order valence-corrected chi connectivity index (χ3v) is 4.40. The van der Waals surface area contributed by atoms with Crippen molar-refractivity contribution in [2.75, 3.05) is 0 Å². The summed E-state index contributed by atoms with van der Waals surface area (Å²) < 4.78 is 38.4. The van der Waals surface area contributed by atoms with Crippen LogP contribution in [-0.2, 0) is 17.5 Å². The Morgan fingerprint density at radius 2 is 1.75 bits per heavy atom. The molecule has 4 nitrogen and oxygen atoms in total. The highest BCUT2D eigenvalue weighted by atomic mass is 35.5. The van der Waals surface area contributed by atoms with Gasteiger partial charge in [0.2, 0.25) is 5.91 Å². The standard InChI is InChI=1S/C20H20ClF3N2O2/c1-12(2)17(26-18(27)15-8-3-4-9-16(15)21)19(28)25-11-13-6-5-7-14(10-13)20(22,23)24/h3-10,12,17H,11H2,1-2H3,(H,25,28)(H,26,27)/t17-/m1/s1. The third kappa shape index (κ3) is 5.73. The monoisotopic (exact) mass is 412 g/mol. The van der Waals surface area contributed by atoms with E-state index in [2.05, 4.69) is 10.6 Å². The summed E-state index contributed by atoms with van der Waals surface area (Å²) in [5.41, 5.74) is -0.240. The summed E-state index contributed by atoms with van der Waals surface area (Å²) in [5, 5.41) is 5.46. The summed E-state index contributed by atoms with van der Waals surface area (Å²) in [4.78, 5) is 24.9. The van der Waals surface area contributed by atoms with Gasteiger partial charge in [-0.2, -0.15) is 13.2 Å². The summed E-state index contributed by atoms with van der Waals surface area (Å²) in [6, 6.07) is 10.3. The van der Waals surface area contributed by atoms with Gasteiger partial charge in [-0.3, -0.25) is 9.59 Å². The maximum atomic E-state index is 12.8.